The van der Waals surface area contributed by atoms with Gasteiger partial charge >= 0.3 is 5.97 Å². The molecule has 0 spiro atoms. The van der Waals surface area contributed by atoms with Crippen LogP contribution in [-0.4, -0.2) is 43.8 Å². The van der Waals surface area contributed by atoms with Crippen molar-refractivity contribution in [3.8, 4) is 6.19 Å². The van der Waals surface area contributed by atoms with Crippen LogP contribution >= 0.6 is 0 Å². The Morgan fingerprint density at radius 1 is 1.85 bits per heavy atom. The number of carbonyl (C=O) groups is 1. The van der Waals surface area contributed by atoms with Gasteiger partial charge < -0.3 is 14.4 Å². The molecule has 72 valence electrons. The van der Waals surface area contributed by atoms with Crippen molar-refractivity contribution in [1.29, 1.82) is 5.26 Å². The summed E-state index contributed by atoms with van der Waals surface area (Å²) in [5, 5.41) is 8.60. The number of ether oxygens (including phenoxy) is 2. The van der Waals surface area contributed by atoms with Gasteiger partial charge in [0, 0.05) is 0 Å². The van der Waals surface area contributed by atoms with E-state index in [-0.39, 0.29) is 18.5 Å². The van der Waals surface area contributed by atoms with E-state index in [0.29, 0.717) is 19.7 Å². The van der Waals surface area contributed by atoms with Crippen molar-refractivity contribution in [3.05, 3.63) is 0 Å². The number of hydrogen-bond donors (Lipinski definition) is 0. The van der Waals surface area contributed by atoms with E-state index in [1.807, 2.05) is 6.19 Å². The molecule has 0 radical (unpaired) electrons. The van der Waals surface area contributed by atoms with E-state index < -0.39 is 0 Å². The fourth-order valence-electron chi connectivity index (χ4n) is 1.20. The van der Waals surface area contributed by atoms with Gasteiger partial charge in [0.1, 0.15) is 0 Å². The first-order valence-corrected chi connectivity index (χ1v) is 4.09. The quantitative estimate of drug-likeness (QED) is 0.436. The molecule has 1 aliphatic heterocycles. The monoisotopic (exact) mass is 184 g/mol. The molecule has 1 aliphatic rings. The van der Waals surface area contributed by atoms with Crippen LogP contribution in [0.1, 0.15) is 6.42 Å². The number of nitriles is 1. The average Bonchev–Trinajstić information content (AvgIpc) is 2.18. The number of rotatable bonds is 2. The molecule has 1 fully saturated rings. The lowest BCUT2D eigenvalue weighted by atomic mass is 10.2. The zero-order valence-corrected chi connectivity index (χ0v) is 7.52. The predicted molar refractivity (Wildman–Crippen MR) is 43.6 cm³/mol. The first kappa shape index (κ1) is 9.81. The van der Waals surface area contributed by atoms with Crippen molar-refractivity contribution in [3.63, 3.8) is 0 Å². The molecule has 0 aromatic carbocycles. The molecule has 1 atom stereocenters. The first-order valence-electron chi connectivity index (χ1n) is 4.09. The third kappa shape index (κ3) is 2.92. The van der Waals surface area contributed by atoms with E-state index in [1.54, 1.807) is 4.90 Å². The number of nitrogens with zero attached hydrogens (tertiary/aromatic N) is 2. The Bertz CT molecular complexity index is 224. The van der Waals surface area contributed by atoms with Crippen LogP contribution in [0.5, 0.6) is 0 Å². The van der Waals surface area contributed by atoms with Crippen LogP contribution in [-0.2, 0) is 14.3 Å². The highest BCUT2D eigenvalue weighted by molar-refractivity contribution is 5.69. The second-order valence-corrected chi connectivity index (χ2v) is 2.82. The Balaban J connectivity index is 2.35. The van der Waals surface area contributed by atoms with Crippen LogP contribution in [0.25, 0.3) is 0 Å². The minimum absolute atomic E-state index is 0.208. The maximum absolute atomic E-state index is 10.9. The highest BCUT2D eigenvalue weighted by Crippen LogP contribution is 2.07. The summed E-state index contributed by atoms with van der Waals surface area (Å²) in [5.74, 6) is -0.301. The summed E-state index contributed by atoms with van der Waals surface area (Å²) in [4.78, 5) is 12.5. The molecule has 1 heterocycles. The fourth-order valence-corrected chi connectivity index (χ4v) is 1.20. The normalized spacial score (nSPS) is 22.2. The Morgan fingerprint density at radius 3 is 3.23 bits per heavy atom. The molecule has 1 rings (SSSR count). The highest BCUT2D eigenvalue weighted by Gasteiger charge is 2.22. The van der Waals surface area contributed by atoms with Crippen LogP contribution in [0, 0.1) is 11.5 Å². The van der Waals surface area contributed by atoms with Gasteiger partial charge in [-0.3, -0.25) is 4.79 Å². The first-order chi connectivity index (χ1) is 6.26. The zero-order chi connectivity index (χ0) is 9.68. The van der Waals surface area contributed by atoms with Gasteiger partial charge in [-0.15, -0.1) is 0 Å². The standard InChI is InChI=1S/C8H12N2O3/c1-12-8(11)4-7-5-10(6-9)2-3-13-7/h7H,2-5H2,1H3. The molecule has 1 unspecified atom stereocenters. The Labute approximate surface area is 76.8 Å². The minimum Gasteiger partial charge on any atom is -0.469 e. The summed E-state index contributed by atoms with van der Waals surface area (Å²) in [6, 6.07) is 0. The van der Waals surface area contributed by atoms with Gasteiger partial charge in [0.25, 0.3) is 0 Å². The Morgan fingerprint density at radius 2 is 2.62 bits per heavy atom. The predicted octanol–water partition coefficient (Wildman–Crippen LogP) is -0.269. The van der Waals surface area contributed by atoms with Gasteiger partial charge in [0.05, 0.1) is 39.3 Å². The molecule has 0 N–H and O–H groups in total. The highest BCUT2D eigenvalue weighted by atomic mass is 16.5. The molecule has 5 nitrogen and oxygen atoms in total. The van der Waals surface area contributed by atoms with Gasteiger partial charge in [0.2, 0.25) is 0 Å². The summed E-state index contributed by atoms with van der Waals surface area (Å²) in [6.07, 6.45) is 2.04. The van der Waals surface area contributed by atoms with Crippen molar-refractivity contribution in [2.75, 3.05) is 26.8 Å². The van der Waals surface area contributed by atoms with Crippen LogP contribution in [0.3, 0.4) is 0 Å². The third-order valence-corrected chi connectivity index (χ3v) is 1.90. The number of hydrogen-bond acceptors (Lipinski definition) is 5. The van der Waals surface area contributed by atoms with Gasteiger partial charge in [-0.25, -0.2) is 0 Å². The summed E-state index contributed by atoms with van der Waals surface area (Å²) in [7, 11) is 1.34. The van der Waals surface area contributed by atoms with E-state index in [9.17, 15) is 4.79 Å². The zero-order valence-electron chi connectivity index (χ0n) is 7.52. The van der Waals surface area contributed by atoms with Crippen LogP contribution < -0.4 is 0 Å². The average molecular weight is 184 g/mol. The van der Waals surface area contributed by atoms with Crippen molar-refractivity contribution in [1.82, 2.24) is 4.90 Å². The van der Waals surface area contributed by atoms with Gasteiger partial charge in [-0.05, 0) is 0 Å². The second-order valence-electron chi connectivity index (χ2n) is 2.82. The number of methoxy groups -OCH3 is 1. The number of esters is 1. The van der Waals surface area contributed by atoms with Crippen molar-refractivity contribution >= 4 is 5.97 Å². The lowest BCUT2D eigenvalue weighted by molar-refractivity contribution is -0.145. The summed E-state index contributed by atoms with van der Waals surface area (Å²) in [5.41, 5.74) is 0. The molecule has 0 amide bonds. The Hall–Kier alpha value is -1.28. The van der Waals surface area contributed by atoms with E-state index >= 15 is 0 Å². The van der Waals surface area contributed by atoms with E-state index in [2.05, 4.69) is 4.74 Å². The van der Waals surface area contributed by atoms with E-state index in [0.717, 1.165) is 0 Å². The molecular formula is C8H12N2O3. The number of carbonyl (C=O) groups excluding carboxylic acids is 1. The van der Waals surface area contributed by atoms with Crippen molar-refractivity contribution in [2.24, 2.45) is 0 Å². The van der Waals surface area contributed by atoms with Crippen LogP contribution in [0.4, 0.5) is 0 Å². The van der Waals surface area contributed by atoms with Crippen LogP contribution in [0.15, 0.2) is 0 Å². The summed E-state index contributed by atoms with van der Waals surface area (Å²) < 4.78 is 9.79. The Kier molecular flexibility index (Phi) is 3.53. The maximum atomic E-state index is 10.9. The third-order valence-electron chi connectivity index (χ3n) is 1.90. The van der Waals surface area contributed by atoms with Gasteiger partial charge in [-0.2, -0.15) is 5.26 Å². The van der Waals surface area contributed by atoms with Gasteiger partial charge in [0.15, 0.2) is 6.19 Å². The SMILES string of the molecule is COC(=O)CC1CN(C#N)CCO1. The molecule has 0 aromatic heterocycles. The summed E-state index contributed by atoms with van der Waals surface area (Å²) in [6.45, 7) is 1.58. The minimum atomic E-state index is -0.301. The molecule has 0 aliphatic carbocycles. The molecule has 5 heteroatoms. The second kappa shape index (κ2) is 4.67. The van der Waals surface area contributed by atoms with Gasteiger partial charge in [-0.1, -0.05) is 0 Å². The van der Waals surface area contributed by atoms with E-state index in [4.69, 9.17) is 10.00 Å². The molecule has 0 saturated carbocycles. The summed E-state index contributed by atoms with van der Waals surface area (Å²) >= 11 is 0. The lowest BCUT2D eigenvalue weighted by Gasteiger charge is -2.28. The maximum Gasteiger partial charge on any atom is 0.308 e. The van der Waals surface area contributed by atoms with Crippen LogP contribution in [0.2, 0.25) is 0 Å². The lowest BCUT2D eigenvalue weighted by Crippen LogP contribution is -2.40. The smallest absolute Gasteiger partial charge is 0.308 e. The molecule has 1 saturated heterocycles. The number of morpholine rings is 1. The van der Waals surface area contributed by atoms with E-state index in [1.165, 1.54) is 7.11 Å². The largest absolute Gasteiger partial charge is 0.469 e. The molecule has 0 bridgehead atoms. The fraction of sp³-hybridized carbons (Fsp3) is 0.750. The molecular weight excluding hydrogens is 172 g/mol. The van der Waals surface area contributed by atoms with Crippen molar-refractivity contribution < 1.29 is 14.3 Å². The molecule has 0 aromatic rings. The molecule has 13 heavy (non-hydrogen) atoms. The topological polar surface area (TPSA) is 62.6 Å². The van der Waals surface area contributed by atoms with Crippen molar-refractivity contribution in [2.45, 2.75) is 12.5 Å².